The fraction of sp³-hybridized carbons (Fsp3) is 0.600. The van der Waals surface area contributed by atoms with E-state index in [4.69, 9.17) is 10.2 Å². The third-order valence-corrected chi connectivity index (χ3v) is 1.28. The van der Waals surface area contributed by atoms with E-state index in [-0.39, 0.29) is 34.0 Å². The molecule has 0 rings (SSSR count). The molecule has 1 unspecified atom stereocenters. The van der Waals surface area contributed by atoms with Crippen molar-refractivity contribution in [2.45, 2.75) is 21.3 Å². The van der Waals surface area contributed by atoms with Crippen LogP contribution >= 0.6 is 0 Å². The van der Waals surface area contributed by atoms with E-state index >= 15 is 0 Å². The van der Waals surface area contributed by atoms with Crippen LogP contribution in [0.2, 0.25) is 0 Å². The first-order valence-electron chi connectivity index (χ1n) is 3.34. The van der Waals surface area contributed by atoms with E-state index in [1.165, 1.54) is 0 Å². The average Bonchev–Trinajstić information content (AvgIpc) is 1.99. The molecular weight excluding hydrogens is 152 g/mol. The Bertz CT molecular complexity index is 108. The molecule has 0 aliphatic rings. The molecule has 2 N–H and O–H groups in total. The smallest absolute Gasteiger partial charge is 0.0612 e. The minimum absolute atomic E-state index is 0. The van der Waals surface area contributed by atoms with Gasteiger partial charge in [-0.05, 0) is 6.42 Å². The molecule has 0 saturated carbocycles. The molecule has 74 valence electrons. The Balaban J connectivity index is -0.000000405. The molecule has 12 heavy (non-hydrogen) atoms. The monoisotopic (exact) mass is 174 g/mol. The summed E-state index contributed by atoms with van der Waals surface area (Å²) in [6, 6.07) is 0. The second-order valence-corrected chi connectivity index (χ2v) is 2.07. The zero-order valence-electron chi connectivity index (χ0n) is 6.03. The van der Waals surface area contributed by atoms with Crippen LogP contribution in [0.1, 0.15) is 21.3 Å². The summed E-state index contributed by atoms with van der Waals surface area (Å²) in [4.78, 5) is 0. The molecule has 0 spiro atoms. The van der Waals surface area contributed by atoms with Crippen molar-refractivity contribution >= 4 is 0 Å². The summed E-state index contributed by atoms with van der Waals surface area (Å²) in [5.41, 5.74) is 0. The Hall–Kier alpha value is -0.600. The molecule has 0 aromatic heterocycles. The van der Waals surface area contributed by atoms with Gasteiger partial charge in [0.2, 0.25) is 0 Å². The van der Waals surface area contributed by atoms with Crippen LogP contribution in [0.4, 0.5) is 0 Å². The van der Waals surface area contributed by atoms with Gasteiger partial charge in [-0.2, -0.15) is 0 Å². The van der Waals surface area contributed by atoms with Gasteiger partial charge in [0, 0.05) is 12.5 Å². The molecule has 0 heterocycles. The number of allylic oxidation sites excluding steroid dienone is 1. The predicted octanol–water partition coefficient (Wildman–Crippen LogP) is 1.99. The van der Waals surface area contributed by atoms with E-state index in [2.05, 4.69) is 6.58 Å². The van der Waals surface area contributed by atoms with Gasteiger partial charge in [0.25, 0.3) is 0 Å². The molecule has 0 aliphatic carbocycles. The van der Waals surface area contributed by atoms with Gasteiger partial charge in [0.15, 0.2) is 0 Å². The van der Waals surface area contributed by atoms with Gasteiger partial charge in [-0.15, -0.1) is 6.58 Å². The van der Waals surface area contributed by atoms with Crippen LogP contribution in [0.15, 0.2) is 24.8 Å². The molecule has 2 heteroatoms. The van der Waals surface area contributed by atoms with Crippen LogP contribution < -0.4 is 0 Å². The van der Waals surface area contributed by atoms with Crippen LogP contribution in [-0.2, 0) is 0 Å². The molecule has 1 atom stereocenters. The summed E-state index contributed by atoms with van der Waals surface area (Å²) in [6.07, 6.45) is 5.96. The van der Waals surface area contributed by atoms with Crippen molar-refractivity contribution in [3.63, 3.8) is 0 Å². The van der Waals surface area contributed by atoms with E-state index in [1.807, 2.05) is 6.08 Å². The summed E-state index contributed by atoms with van der Waals surface area (Å²) in [5.74, 6) is 0.128. The van der Waals surface area contributed by atoms with E-state index < -0.39 is 0 Å². The zero-order chi connectivity index (χ0) is 7.82. The number of aliphatic hydroxyl groups excluding tert-OH is 2. The molecule has 0 saturated heterocycles. The molecule has 0 aliphatic heterocycles. The molecular formula is C10H22O2. The van der Waals surface area contributed by atoms with Crippen LogP contribution in [0.25, 0.3) is 0 Å². The molecule has 0 aromatic carbocycles. The summed E-state index contributed by atoms with van der Waals surface area (Å²) in [6.45, 7) is 3.74. The molecule has 0 amide bonds. The fourth-order valence-corrected chi connectivity index (χ4v) is 0.591. The Kier molecular flexibility index (Phi) is 19.0. The SMILES string of the molecule is C.C.C=CC(CO)CC=CCO. The maximum absolute atomic E-state index is 8.66. The van der Waals surface area contributed by atoms with E-state index in [0.717, 1.165) is 6.42 Å². The zero-order valence-corrected chi connectivity index (χ0v) is 6.03. The standard InChI is InChI=1S/C8H14O2.2CH4/c1-2-8(7-10)5-3-4-6-9;;/h2-4,8-10H,1,5-7H2;2*1H4. The highest BCUT2D eigenvalue weighted by atomic mass is 16.3. The summed E-state index contributed by atoms with van der Waals surface area (Å²) >= 11 is 0. The average molecular weight is 174 g/mol. The van der Waals surface area contributed by atoms with Gasteiger partial charge in [0.05, 0.1) is 6.61 Å². The van der Waals surface area contributed by atoms with Crippen molar-refractivity contribution < 1.29 is 10.2 Å². The van der Waals surface area contributed by atoms with E-state index in [0.29, 0.717) is 0 Å². The second-order valence-electron chi connectivity index (χ2n) is 2.07. The quantitative estimate of drug-likeness (QED) is 0.626. The van der Waals surface area contributed by atoms with Gasteiger partial charge in [0.1, 0.15) is 0 Å². The highest BCUT2D eigenvalue weighted by molar-refractivity contribution is 4.89. The minimum Gasteiger partial charge on any atom is -0.396 e. The van der Waals surface area contributed by atoms with Crippen molar-refractivity contribution in [3.05, 3.63) is 24.8 Å². The fourth-order valence-electron chi connectivity index (χ4n) is 0.591. The van der Waals surface area contributed by atoms with Crippen LogP contribution in [0.3, 0.4) is 0 Å². The second kappa shape index (κ2) is 13.0. The maximum atomic E-state index is 8.66. The van der Waals surface area contributed by atoms with Crippen molar-refractivity contribution in [3.8, 4) is 0 Å². The molecule has 0 fully saturated rings. The Morgan fingerprint density at radius 3 is 2.08 bits per heavy atom. The maximum Gasteiger partial charge on any atom is 0.0612 e. The van der Waals surface area contributed by atoms with Crippen molar-refractivity contribution in [2.24, 2.45) is 5.92 Å². The first-order chi connectivity index (χ1) is 4.85. The first kappa shape index (κ1) is 17.5. The lowest BCUT2D eigenvalue weighted by Crippen LogP contribution is -1.99. The van der Waals surface area contributed by atoms with Gasteiger partial charge < -0.3 is 10.2 Å². The predicted molar refractivity (Wildman–Crippen MR) is 55.1 cm³/mol. The lowest BCUT2D eigenvalue weighted by atomic mass is 10.1. The van der Waals surface area contributed by atoms with Gasteiger partial charge in [-0.1, -0.05) is 33.1 Å². The van der Waals surface area contributed by atoms with Crippen LogP contribution in [-0.4, -0.2) is 23.4 Å². The lowest BCUT2D eigenvalue weighted by Gasteiger charge is -2.02. The normalized spacial score (nSPS) is 11.5. The van der Waals surface area contributed by atoms with Crippen molar-refractivity contribution in [2.75, 3.05) is 13.2 Å². The summed E-state index contributed by atoms with van der Waals surface area (Å²) in [5, 5.41) is 17.0. The lowest BCUT2D eigenvalue weighted by molar-refractivity contribution is 0.253. The molecule has 0 bridgehead atoms. The number of rotatable bonds is 5. The number of hydrogen-bond donors (Lipinski definition) is 2. The van der Waals surface area contributed by atoms with Crippen molar-refractivity contribution in [1.29, 1.82) is 0 Å². The Morgan fingerprint density at radius 2 is 1.75 bits per heavy atom. The largest absolute Gasteiger partial charge is 0.396 e. The number of aliphatic hydroxyl groups is 2. The van der Waals surface area contributed by atoms with Crippen LogP contribution in [0.5, 0.6) is 0 Å². The van der Waals surface area contributed by atoms with E-state index in [9.17, 15) is 0 Å². The molecule has 0 aromatic rings. The van der Waals surface area contributed by atoms with Gasteiger partial charge in [-0.3, -0.25) is 0 Å². The summed E-state index contributed by atoms with van der Waals surface area (Å²) in [7, 11) is 0. The summed E-state index contributed by atoms with van der Waals surface area (Å²) < 4.78 is 0. The highest BCUT2D eigenvalue weighted by Crippen LogP contribution is 2.02. The van der Waals surface area contributed by atoms with E-state index in [1.54, 1.807) is 12.2 Å². The highest BCUT2D eigenvalue weighted by Gasteiger charge is 1.96. The Labute approximate surface area is 76.2 Å². The van der Waals surface area contributed by atoms with Gasteiger partial charge in [-0.25, -0.2) is 0 Å². The van der Waals surface area contributed by atoms with Crippen molar-refractivity contribution in [1.82, 2.24) is 0 Å². The number of hydrogen-bond acceptors (Lipinski definition) is 2. The third kappa shape index (κ3) is 9.40. The minimum atomic E-state index is 0. The Morgan fingerprint density at radius 1 is 1.17 bits per heavy atom. The molecule has 2 nitrogen and oxygen atoms in total. The first-order valence-corrected chi connectivity index (χ1v) is 3.34. The third-order valence-electron chi connectivity index (χ3n) is 1.28. The molecule has 0 radical (unpaired) electrons. The van der Waals surface area contributed by atoms with Crippen LogP contribution in [0, 0.1) is 5.92 Å². The topological polar surface area (TPSA) is 40.5 Å². The van der Waals surface area contributed by atoms with Gasteiger partial charge >= 0.3 is 0 Å².